The number of ether oxygens (including phenoxy) is 2. The van der Waals surface area contributed by atoms with E-state index in [4.69, 9.17) is 9.47 Å². The van der Waals surface area contributed by atoms with E-state index in [0.29, 0.717) is 29.2 Å². The Morgan fingerprint density at radius 2 is 1.88 bits per heavy atom. The van der Waals surface area contributed by atoms with E-state index in [1.807, 2.05) is 0 Å². The van der Waals surface area contributed by atoms with Crippen LogP contribution in [-0.4, -0.2) is 24.9 Å². The van der Waals surface area contributed by atoms with Gasteiger partial charge in [-0.2, -0.15) is 12.6 Å². The van der Waals surface area contributed by atoms with Crippen LogP contribution in [-0.2, 0) is 6.42 Å². The van der Waals surface area contributed by atoms with E-state index in [1.54, 1.807) is 6.07 Å². The Kier molecular flexibility index (Phi) is 4.42. The van der Waals surface area contributed by atoms with Gasteiger partial charge in [-0.05, 0) is 18.2 Å². The second-order valence-electron chi connectivity index (χ2n) is 3.07. The summed E-state index contributed by atoms with van der Waals surface area (Å²) < 4.78 is 10.1. The minimum absolute atomic E-state index is 0.0340. The van der Waals surface area contributed by atoms with Crippen LogP contribution in [0, 0.1) is 10.1 Å². The van der Waals surface area contributed by atoms with Crippen LogP contribution in [0.25, 0.3) is 0 Å². The van der Waals surface area contributed by atoms with Crippen LogP contribution < -0.4 is 9.47 Å². The number of aryl methyl sites for hydroxylation is 1. The SMILES string of the molecule is COc1cc(CCS)c([N+](=O)[O-])cc1OC. The first kappa shape index (κ1) is 12.6. The van der Waals surface area contributed by atoms with Gasteiger partial charge in [-0.1, -0.05) is 0 Å². The van der Waals surface area contributed by atoms with Crippen LogP contribution in [0.4, 0.5) is 5.69 Å². The highest BCUT2D eigenvalue weighted by atomic mass is 32.1. The van der Waals surface area contributed by atoms with Gasteiger partial charge in [0.1, 0.15) is 0 Å². The summed E-state index contributed by atoms with van der Waals surface area (Å²) in [5, 5.41) is 10.8. The molecule has 5 nitrogen and oxygen atoms in total. The third-order valence-electron chi connectivity index (χ3n) is 2.16. The molecule has 0 saturated carbocycles. The Bertz CT molecular complexity index is 395. The molecule has 0 bridgehead atoms. The molecule has 0 radical (unpaired) electrons. The number of benzene rings is 1. The molecule has 0 heterocycles. The highest BCUT2D eigenvalue weighted by Crippen LogP contribution is 2.34. The van der Waals surface area contributed by atoms with Crippen molar-refractivity contribution < 1.29 is 14.4 Å². The summed E-state index contributed by atoms with van der Waals surface area (Å²) in [6.45, 7) is 0. The largest absolute Gasteiger partial charge is 0.493 e. The summed E-state index contributed by atoms with van der Waals surface area (Å²) in [4.78, 5) is 10.4. The maximum atomic E-state index is 10.8. The quantitative estimate of drug-likeness (QED) is 0.488. The lowest BCUT2D eigenvalue weighted by Gasteiger charge is -2.09. The number of thiol groups is 1. The summed E-state index contributed by atoms with van der Waals surface area (Å²) in [5.41, 5.74) is 0.629. The Labute approximate surface area is 98.9 Å². The zero-order valence-electron chi connectivity index (χ0n) is 9.10. The smallest absolute Gasteiger partial charge is 0.276 e. The summed E-state index contributed by atoms with van der Waals surface area (Å²) >= 11 is 4.07. The van der Waals surface area contributed by atoms with Crippen molar-refractivity contribution in [2.45, 2.75) is 6.42 Å². The molecule has 1 rings (SSSR count). The van der Waals surface area contributed by atoms with E-state index < -0.39 is 4.92 Å². The molecular formula is C10H13NO4S. The van der Waals surface area contributed by atoms with Gasteiger partial charge in [-0.3, -0.25) is 10.1 Å². The molecule has 16 heavy (non-hydrogen) atoms. The minimum atomic E-state index is -0.430. The Hall–Kier alpha value is -1.43. The van der Waals surface area contributed by atoms with Gasteiger partial charge in [0.2, 0.25) is 0 Å². The predicted octanol–water partition coefficient (Wildman–Crippen LogP) is 2.08. The third-order valence-corrected chi connectivity index (χ3v) is 2.39. The van der Waals surface area contributed by atoms with Crippen molar-refractivity contribution in [3.05, 3.63) is 27.8 Å². The molecule has 0 aliphatic rings. The van der Waals surface area contributed by atoms with Crippen LogP contribution >= 0.6 is 12.6 Å². The standard InChI is InChI=1S/C10H13NO4S/c1-14-9-5-7(3-4-16)8(11(12)13)6-10(9)15-2/h5-6,16H,3-4H2,1-2H3. The molecule has 0 aliphatic carbocycles. The number of nitrogens with zero attached hydrogens (tertiary/aromatic N) is 1. The van der Waals surface area contributed by atoms with E-state index in [2.05, 4.69) is 12.6 Å². The molecule has 1 aromatic rings. The fourth-order valence-electron chi connectivity index (χ4n) is 1.40. The second-order valence-corrected chi connectivity index (χ2v) is 3.51. The number of hydrogen-bond donors (Lipinski definition) is 1. The summed E-state index contributed by atoms with van der Waals surface area (Å²) in [6, 6.07) is 2.99. The first-order chi connectivity index (χ1) is 7.63. The first-order valence-corrected chi connectivity index (χ1v) is 5.27. The minimum Gasteiger partial charge on any atom is -0.493 e. The highest BCUT2D eigenvalue weighted by molar-refractivity contribution is 7.80. The summed E-state index contributed by atoms with van der Waals surface area (Å²) in [6.07, 6.45) is 0.514. The maximum absolute atomic E-state index is 10.8. The summed E-state index contributed by atoms with van der Waals surface area (Å²) in [7, 11) is 2.94. The zero-order valence-corrected chi connectivity index (χ0v) is 9.99. The van der Waals surface area contributed by atoms with Gasteiger partial charge in [0.25, 0.3) is 5.69 Å². The number of hydrogen-bond acceptors (Lipinski definition) is 5. The Morgan fingerprint density at radius 1 is 1.31 bits per heavy atom. The molecule has 0 saturated heterocycles. The predicted molar refractivity (Wildman–Crippen MR) is 63.8 cm³/mol. The van der Waals surface area contributed by atoms with E-state index >= 15 is 0 Å². The fourth-order valence-corrected chi connectivity index (χ4v) is 1.64. The van der Waals surface area contributed by atoms with Gasteiger partial charge in [0, 0.05) is 5.56 Å². The van der Waals surface area contributed by atoms with Crippen LogP contribution in [0.5, 0.6) is 11.5 Å². The molecule has 0 spiro atoms. The van der Waals surface area contributed by atoms with E-state index in [-0.39, 0.29) is 5.69 Å². The van der Waals surface area contributed by atoms with Crippen molar-refractivity contribution in [1.82, 2.24) is 0 Å². The monoisotopic (exact) mass is 243 g/mol. The average Bonchev–Trinajstić information content (AvgIpc) is 2.28. The van der Waals surface area contributed by atoms with E-state index in [0.717, 1.165) is 0 Å². The molecule has 88 valence electrons. The van der Waals surface area contributed by atoms with Gasteiger partial charge in [-0.25, -0.2) is 0 Å². The van der Waals surface area contributed by atoms with E-state index in [1.165, 1.54) is 20.3 Å². The van der Waals surface area contributed by atoms with Crippen molar-refractivity contribution >= 4 is 18.3 Å². The molecule has 0 fully saturated rings. The van der Waals surface area contributed by atoms with Gasteiger partial charge in [0.05, 0.1) is 25.2 Å². The molecule has 0 N–H and O–H groups in total. The van der Waals surface area contributed by atoms with Crippen molar-refractivity contribution in [1.29, 1.82) is 0 Å². The normalized spacial score (nSPS) is 9.94. The highest BCUT2D eigenvalue weighted by Gasteiger charge is 2.18. The number of nitro benzene ring substituents is 1. The number of methoxy groups -OCH3 is 2. The van der Waals surface area contributed by atoms with Gasteiger partial charge in [-0.15, -0.1) is 0 Å². The molecule has 0 unspecified atom stereocenters. The molecular weight excluding hydrogens is 230 g/mol. The van der Waals surface area contributed by atoms with Gasteiger partial charge in [0.15, 0.2) is 11.5 Å². The Morgan fingerprint density at radius 3 is 2.31 bits per heavy atom. The van der Waals surface area contributed by atoms with Gasteiger partial charge < -0.3 is 9.47 Å². The third kappa shape index (κ3) is 2.57. The van der Waals surface area contributed by atoms with Crippen LogP contribution in [0.2, 0.25) is 0 Å². The lowest BCUT2D eigenvalue weighted by atomic mass is 10.1. The van der Waals surface area contributed by atoms with Crippen LogP contribution in [0.3, 0.4) is 0 Å². The topological polar surface area (TPSA) is 61.6 Å². The summed E-state index contributed by atoms with van der Waals surface area (Å²) in [5.74, 6) is 1.39. The average molecular weight is 243 g/mol. The number of rotatable bonds is 5. The number of nitro groups is 1. The van der Waals surface area contributed by atoms with E-state index in [9.17, 15) is 10.1 Å². The molecule has 0 aliphatic heterocycles. The molecule has 0 amide bonds. The lowest BCUT2D eigenvalue weighted by Crippen LogP contribution is -2.00. The van der Waals surface area contributed by atoms with Crippen molar-refractivity contribution in [3.63, 3.8) is 0 Å². The van der Waals surface area contributed by atoms with Crippen molar-refractivity contribution in [2.24, 2.45) is 0 Å². The van der Waals surface area contributed by atoms with Crippen molar-refractivity contribution in [2.75, 3.05) is 20.0 Å². The maximum Gasteiger partial charge on any atom is 0.276 e. The fraction of sp³-hybridized carbons (Fsp3) is 0.400. The lowest BCUT2D eigenvalue weighted by molar-refractivity contribution is -0.385. The van der Waals surface area contributed by atoms with Crippen LogP contribution in [0.15, 0.2) is 12.1 Å². The molecule has 6 heteroatoms. The molecule has 1 aromatic carbocycles. The molecule has 0 aromatic heterocycles. The first-order valence-electron chi connectivity index (χ1n) is 4.64. The van der Waals surface area contributed by atoms with Gasteiger partial charge >= 0.3 is 0 Å². The van der Waals surface area contributed by atoms with Crippen LogP contribution in [0.1, 0.15) is 5.56 Å². The Balaban J connectivity index is 3.29. The zero-order chi connectivity index (χ0) is 12.1. The van der Waals surface area contributed by atoms with Crippen molar-refractivity contribution in [3.8, 4) is 11.5 Å². The molecule has 0 atom stereocenters. The second kappa shape index (κ2) is 5.60.